The zero-order chi connectivity index (χ0) is 25.4. The second-order valence-corrected chi connectivity index (χ2v) is 10.4. The van der Waals surface area contributed by atoms with Crippen LogP contribution in [0.4, 0.5) is 9.18 Å². The minimum atomic E-state index is -4.02. The van der Waals surface area contributed by atoms with Crippen LogP contribution in [0.15, 0.2) is 42.6 Å². The number of methoxy groups -OCH3 is 1. The van der Waals surface area contributed by atoms with E-state index in [-0.39, 0.29) is 18.9 Å². The summed E-state index contributed by atoms with van der Waals surface area (Å²) >= 11 is 0. The molecule has 36 heavy (non-hydrogen) atoms. The maximum absolute atomic E-state index is 14.0. The lowest BCUT2D eigenvalue weighted by atomic mass is 9.94. The number of nitrogens with zero attached hydrogens (tertiary/aromatic N) is 2. The highest BCUT2D eigenvalue weighted by Crippen LogP contribution is 2.37. The third-order valence-corrected chi connectivity index (χ3v) is 7.75. The molecule has 1 amide bonds. The normalized spacial score (nSPS) is 19.0. The highest BCUT2D eigenvalue weighted by atomic mass is 32.2. The van der Waals surface area contributed by atoms with Crippen LogP contribution in [0.2, 0.25) is 0 Å². The van der Waals surface area contributed by atoms with Gasteiger partial charge in [-0.25, -0.2) is 18.9 Å². The highest BCUT2D eigenvalue weighted by Gasteiger charge is 2.36. The minimum absolute atomic E-state index is 0.0504. The van der Waals surface area contributed by atoms with Gasteiger partial charge in [0.2, 0.25) is 0 Å². The summed E-state index contributed by atoms with van der Waals surface area (Å²) < 4.78 is 51.7. The monoisotopic (exact) mass is 516 g/mol. The number of hydrogen-bond donors (Lipinski definition) is 3. The van der Waals surface area contributed by atoms with E-state index in [4.69, 9.17) is 9.47 Å². The van der Waals surface area contributed by atoms with E-state index in [1.165, 1.54) is 19.2 Å². The summed E-state index contributed by atoms with van der Waals surface area (Å²) in [5.41, 5.74) is 3.91. The Morgan fingerprint density at radius 3 is 2.75 bits per heavy atom. The summed E-state index contributed by atoms with van der Waals surface area (Å²) in [6, 6.07) is 8.12. The molecule has 190 valence electrons. The Morgan fingerprint density at radius 1 is 1.25 bits per heavy atom. The number of aromatic amines is 1. The summed E-state index contributed by atoms with van der Waals surface area (Å²) in [4.78, 5) is 19.8. The molecule has 0 bridgehead atoms. The molecule has 3 heterocycles. The van der Waals surface area contributed by atoms with E-state index in [9.17, 15) is 22.7 Å². The lowest BCUT2D eigenvalue weighted by molar-refractivity contribution is 0.0529. The zero-order valence-corrected chi connectivity index (χ0v) is 20.2. The number of nitrogens with one attached hydrogen (secondary N) is 2. The van der Waals surface area contributed by atoms with Gasteiger partial charge in [-0.15, -0.1) is 0 Å². The molecule has 2 aromatic heterocycles. The summed E-state index contributed by atoms with van der Waals surface area (Å²) in [7, 11) is -2.49. The summed E-state index contributed by atoms with van der Waals surface area (Å²) in [5, 5.41) is 10.1. The van der Waals surface area contributed by atoms with Crippen molar-refractivity contribution in [1.29, 1.82) is 0 Å². The van der Waals surface area contributed by atoms with Gasteiger partial charge < -0.3 is 19.6 Å². The fourth-order valence-corrected chi connectivity index (χ4v) is 5.57. The van der Waals surface area contributed by atoms with Crippen molar-refractivity contribution in [1.82, 2.24) is 19.0 Å². The molecule has 1 unspecified atom stereocenters. The predicted molar refractivity (Wildman–Crippen MR) is 130 cm³/mol. The molecular formula is C24H25FN4O6S. The number of H-pyrrole nitrogens is 1. The average molecular weight is 517 g/mol. The Kier molecular flexibility index (Phi) is 6.41. The molecule has 3 aromatic rings. The van der Waals surface area contributed by atoms with Crippen LogP contribution in [0.25, 0.3) is 27.7 Å². The van der Waals surface area contributed by atoms with Crippen LogP contribution < -0.4 is 9.46 Å². The van der Waals surface area contributed by atoms with Gasteiger partial charge in [0.05, 0.1) is 13.2 Å². The van der Waals surface area contributed by atoms with Crippen molar-refractivity contribution in [3.8, 4) is 16.9 Å². The van der Waals surface area contributed by atoms with Crippen molar-refractivity contribution < 1.29 is 32.2 Å². The number of rotatable bonds is 6. The number of pyridine rings is 1. The molecule has 0 spiro atoms. The quantitative estimate of drug-likeness (QED) is 0.459. The third-order valence-electron chi connectivity index (χ3n) is 6.35. The van der Waals surface area contributed by atoms with Crippen LogP contribution in [-0.4, -0.2) is 66.3 Å². The molecule has 0 saturated carbocycles. The molecule has 1 aliphatic carbocycles. The van der Waals surface area contributed by atoms with Crippen LogP contribution >= 0.6 is 0 Å². The van der Waals surface area contributed by atoms with E-state index in [1.54, 1.807) is 12.3 Å². The smallest absolute Gasteiger partial charge is 0.422 e. The Bertz CT molecular complexity index is 1450. The molecule has 3 N–H and O–H groups in total. The number of β-amino-alcohol motifs (C(OH)–C–C–N with tert-alkyl or cyclic N) is 1. The van der Waals surface area contributed by atoms with Crippen molar-refractivity contribution in [2.24, 2.45) is 0 Å². The number of hydrogen-bond acceptors (Lipinski definition) is 7. The molecule has 1 saturated heterocycles. The van der Waals surface area contributed by atoms with Gasteiger partial charge in [-0.1, -0.05) is 6.08 Å². The first-order valence-electron chi connectivity index (χ1n) is 11.4. The fourth-order valence-electron chi connectivity index (χ4n) is 4.45. The number of fused-ring (bicyclic) bond motifs is 1. The number of allylic oxidation sites excluding steroid dienone is 1. The number of aliphatic hydroxyl groups excluding tert-OH is 1. The number of benzene rings is 1. The number of aromatic nitrogens is 2. The topological polar surface area (TPSA) is 134 Å². The van der Waals surface area contributed by atoms with Crippen molar-refractivity contribution in [2.75, 3.05) is 20.2 Å². The molecule has 0 radical (unpaired) electrons. The van der Waals surface area contributed by atoms with Gasteiger partial charge in [-0.05, 0) is 54.3 Å². The van der Waals surface area contributed by atoms with Crippen molar-refractivity contribution in [3.05, 3.63) is 54.1 Å². The van der Waals surface area contributed by atoms with E-state index >= 15 is 0 Å². The molecule has 1 atom stereocenters. The lowest BCUT2D eigenvalue weighted by Crippen LogP contribution is -2.57. The van der Waals surface area contributed by atoms with Gasteiger partial charge in [-0.2, -0.15) is 12.7 Å². The molecule has 1 aromatic carbocycles. The van der Waals surface area contributed by atoms with Crippen molar-refractivity contribution in [2.45, 2.75) is 31.5 Å². The Morgan fingerprint density at radius 2 is 2.06 bits per heavy atom. The largest absolute Gasteiger partial charge is 0.496 e. The van der Waals surface area contributed by atoms with Gasteiger partial charge >= 0.3 is 16.3 Å². The first-order valence-corrected chi connectivity index (χ1v) is 12.8. The SMILES string of the molecule is COc1ccc(F)cc1-c1ccnc2[nH]c(C3=CCC(OC(=O)NS(=O)(=O)N4CC(O)C4)CC3)cc12. The zero-order valence-electron chi connectivity index (χ0n) is 19.4. The van der Waals surface area contributed by atoms with E-state index in [2.05, 4.69) is 9.97 Å². The van der Waals surface area contributed by atoms with Crippen molar-refractivity contribution >= 4 is 32.9 Å². The number of carbonyl (C=O) groups excluding carboxylic acids is 1. The van der Waals surface area contributed by atoms with E-state index in [1.807, 2.05) is 22.9 Å². The van der Waals surface area contributed by atoms with E-state index in [0.717, 1.165) is 26.5 Å². The van der Waals surface area contributed by atoms with Crippen molar-refractivity contribution in [3.63, 3.8) is 0 Å². The summed E-state index contributed by atoms with van der Waals surface area (Å²) in [6.45, 7) is -0.101. The Hall–Kier alpha value is -3.48. The van der Waals surface area contributed by atoms with Gasteiger partial charge in [0.1, 0.15) is 23.3 Å². The maximum Gasteiger partial charge on any atom is 0.422 e. The van der Waals surface area contributed by atoms with Gasteiger partial charge in [0.15, 0.2) is 0 Å². The number of ether oxygens (including phenoxy) is 2. The Balaban J connectivity index is 1.29. The average Bonchev–Trinajstić information content (AvgIpc) is 3.26. The summed E-state index contributed by atoms with van der Waals surface area (Å²) in [6.07, 6.45) is 2.88. The predicted octanol–water partition coefficient (Wildman–Crippen LogP) is 2.96. The number of carbonyl (C=O) groups is 1. The first kappa shape index (κ1) is 24.2. The number of aliphatic hydroxyl groups is 1. The standard InChI is InChI=1S/C24H25FN4O6S/c1-34-22-7-4-15(25)10-19(22)18-8-9-26-23-20(18)11-21(27-23)14-2-5-17(6-3-14)35-24(31)28-36(32,33)29-12-16(30)13-29/h2,4,7-11,16-17,30H,3,5-6,12-13H2,1H3,(H,26,27)(H,28,31). The van der Waals surface area contributed by atoms with E-state index in [0.29, 0.717) is 36.2 Å². The molecule has 1 aliphatic heterocycles. The molecular weight excluding hydrogens is 491 g/mol. The first-order chi connectivity index (χ1) is 17.2. The van der Waals surface area contributed by atoms with Gasteiger partial charge in [0.25, 0.3) is 0 Å². The number of amides is 1. The highest BCUT2D eigenvalue weighted by molar-refractivity contribution is 7.87. The second kappa shape index (κ2) is 9.52. The van der Waals surface area contributed by atoms with Crippen LogP contribution in [0.1, 0.15) is 25.0 Å². The molecule has 5 rings (SSSR count). The molecule has 1 fully saturated rings. The Labute approximate surface area is 206 Å². The van der Waals surface area contributed by atoms with Crippen LogP contribution in [0.3, 0.4) is 0 Å². The third kappa shape index (κ3) is 4.79. The molecule has 10 nitrogen and oxygen atoms in total. The maximum atomic E-state index is 14.0. The number of halogens is 1. The van der Waals surface area contributed by atoms with Crippen LogP contribution in [0.5, 0.6) is 5.75 Å². The van der Waals surface area contributed by atoms with Gasteiger partial charge in [0, 0.05) is 42.4 Å². The molecule has 2 aliphatic rings. The van der Waals surface area contributed by atoms with Crippen LogP contribution in [-0.2, 0) is 14.9 Å². The molecule has 12 heteroatoms. The fraction of sp³-hybridized carbons (Fsp3) is 0.333. The lowest BCUT2D eigenvalue weighted by Gasteiger charge is -2.34. The van der Waals surface area contributed by atoms with E-state index < -0.39 is 28.5 Å². The minimum Gasteiger partial charge on any atom is -0.496 e. The second-order valence-electron chi connectivity index (χ2n) is 8.76. The summed E-state index contributed by atoms with van der Waals surface area (Å²) in [5.74, 6) is 0.181. The van der Waals surface area contributed by atoms with Crippen LogP contribution in [0, 0.1) is 5.82 Å². The van der Waals surface area contributed by atoms with Gasteiger partial charge in [-0.3, -0.25) is 0 Å².